The molecule has 5 nitrogen and oxygen atoms in total. The third kappa shape index (κ3) is 5.24. The number of aliphatic hydroxyl groups is 1. The summed E-state index contributed by atoms with van der Waals surface area (Å²) in [5.74, 6) is -0.334. The molecule has 0 radical (unpaired) electrons. The average molecular weight is 485 g/mol. The molecule has 0 aliphatic carbocycles. The van der Waals surface area contributed by atoms with Gasteiger partial charge in [-0.05, 0) is 35.6 Å². The number of aromatic amines is 1. The highest BCUT2D eigenvalue weighted by atomic mass is 19.4. The van der Waals surface area contributed by atoms with E-state index in [4.69, 9.17) is 0 Å². The Labute approximate surface area is 190 Å². The van der Waals surface area contributed by atoms with E-state index in [2.05, 4.69) is 15.5 Å². The smallest absolute Gasteiger partial charge is 0.369 e. The van der Waals surface area contributed by atoms with Gasteiger partial charge in [-0.15, -0.1) is 0 Å². The van der Waals surface area contributed by atoms with Crippen molar-refractivity contribution in [3.05, 3.63) is 77.1 Å². The van der Waals surface area contributed by atoms with Gasteiger partial charge in [0.05, 0.1) is 6.20 Å². The summed E-state index contributed by atoms with van der Waals surface area (Å²) in [5, 5.41) is 18.6. The van der Waals surface area contributed by atoms with E-state index in [1.807, 2.05) is 25.1 Å². The molecule has 0 saturated carbocycles. The highest BCUT2D eigenvalue weighted by Crippen LogP contribution is 2.49. The maximum Gasteiger partial charge on any atom is 0.430 e. The normalized spacial score (nSPS) is 12.6. The van der Waals surface area contributed by atoms with Gasteiger partial charge < -0.3 is 10.4 Å². The molecule has 1 amide bonds. The van der Waals surface area contributed by atoms with Crippen molar-refractivity contribution in [1.29, 1.82) is 0 Å². The van der Waals surface area contributed by atoms with Crippen molar-refractivity contribution in [2.45, 2.75) is 44.3 Å². The molecule has 3 aromatic rings. The molecule has 2 aromatic carbocycles. The number of benzene rings is 2. The lowest BCUT2D eigenvalue weighted by molar-refractivity contribution is -0.376. The Morgan fingerprint density at radius 1 is 1.00 bits per heavy atom. The first-order chi connectivity index (χ1) is 15.8. The van der Waals surface area contributed by atoms with Gasteiger partial charge in [0.1, 0.15) is 0 Å². The van der Waals surface area contributed by atoms with Crippen LogP contribution in [0.3, 0.4) is 0 Å². The van der Waals surface area contributed by atoms with E-state index in [0.717, 1.165) is 34.4 Å². The van der Waals surface area contributed by atoms with E-state index >= 15 is 0 Å². The molecular weight excluding hydrogens is 464 g/mol. The van der Waals surface area contributed by atoms with Crippen molar-refractivity contribution in [1.82, 2.24) is 15.5 Å². The van der Waals surface area contributed by atoms with Crippen LogP contribution in [0.25, 0.3) is 11.1 Å². The van der Waals surface area contributed by atoms with Gasteiger partial charge in [-0.25, -0.2) is 0 Å². The summed E-state index contributed by atoms with van der Waals surface area (Å²) >= 11 is 0. The Hall–Kier alpha value is -3.34. The number of nitrogens with one attached hydrogen (secondary N) is 2. The third-order valence-corrected chi connectivity index (χ3v) is 5.48. The zero-order valence-corrected chi connectivity index (χ0v) is 17.9. The number of carbonyl (C=O) groups excluding carboxylic acids is 1. The molecule has 182 valence electrons. The fourth-order valence-corrected chi connectivity index (χ4v) is 3.42. The van der Waals surface area contributed by atoms with Crippen LogP contribution >= 0.6 is 0 Å². The second-order valence-electron chi connectivity index (χ2n) is 7.81. The molecule has 0 aliphatic heterocycles. The monoisotopic (exact) mass is 485 g/mol. The minimum absolute atomic E-state index is 0.0936. The van der Waals surface area contributed by atoms with Crippen molar-refractivity contribution in [2.75, 3.05) is 0 Å². The molecular formula is C23H21F6N3O2. The van der Waals surface area contributed by atoms with E-state index in [1.54, 1.807) is 12.4 Å². The first-order valence-electron chi connectivity index (χ1n) is 10.1. The minimum atomic E-state index is -5.95. The lowest BCUT2D eigenvalue weighted by Crippen LogP contribution is -2.53. The molecule has 11 heteroatoms. The maximum absolute atomic E-state index is 13.0. The number of amides is 1. The van der Waals surface area contributed by atoms with Crippen LogP contribution in [0.15, 0.2) is 54.9 Å². The number of H-pyrrole nitrogens is 1. The molecule has 1 aromatic heterocycles. The molecule has 0 bridgehead atoms. The number of aromatic nitrogens is 2. The van der Waals surface area contributed by atoms with E-state index in [9.17, 15) is 36.2 Å². The van der Waals surface area contributed by atoms with E-state index in [-0.39, 0.29) is 24.4 Å². The van der Waals surface area contributed by atoms with Crippen molar-refractivity contribution in [3.8, 4) is 11.1 Å². The van der Waals surface area contributed by atoms with Crippen LogP contribution < -0.4 is 5.32 Å². The second-order valence-corrected chi connectivity index (χ2v) is 7.81. The Morgan fingerprint density at radius 2 is 1.65 bits per heavy atom. The van der Waals surface area contributed by atoms with Crippen LogP contribution in [0, 0.1) is 6.92 Å². The Kier molecular flexibility index (Phi) is 7.06. The maximum atomic E-state index is 13.0. The summed E-state index contributed by atoms with van der Waals surface area (Å²) in [6.07, 6.45) is -7.91. The summed E-state index contributed by atoms with van der Waals surface area (Å²) in [6, 6.07) is 8.91. The number of alkyl halides is 6. The van der Waals surface area contributed by atoms with Crippen molar-refractivity contribution < 1.29 is 36.2 Å². The van der Waals surface area contributed by atoms with Crippen molar-refractivity contribution in [2.24, 2.45) is 0 Å². The number of nitrogens with zero attached hydrogens (tertiary/aromatic N) is 1. The van der Waals surface area contributed by atoms with Crippen LogP contribution in [0.2, 0.25) is 0 Å². The highest BCUT2D eigenvalue weighted by Gasteiger charge is 2.71. The highest BCUT2D eigenvalue weighted by molar-refractivity contribution is 5.76. The van der Waals surface area contributed by atoms with Crippen LogP contribution in [0.5, 0.6) is 0 Å². The summed E-state index contributed by atoms with van der Waals surface area (Å²) in [4.78, 5) is 12.2. The number of rotatable bonds is 7. The average Bonchev–Trinajstić information content (AvgIpc) is 3.30. The number of halogens is 6. The molecule has 0 atom stereocenters. The van der Waals surface area contributed by atoms with Gasteiger partial charge in [0.15, 0.2) is 0 Å². The van der Waals surface area contributed by atoms with Gasteiger partial charge in [0.25, 0.3) is 5.60 Å². The third-order valence-electron chi connectivity index (χ3n) is 5.48. The molecule has 0 unspecified atom stereocenters. The van der Waals surface area contributed by atoms with Gasteiger partial charge >= 0.3 is 12.4 Å². The number of hydrogen-bond donors (Lipinski definition) is 3. The van der Waals surface area contributed by atoms with Crippen molar-refractivity contribution >= 4 is 5.91 Å². The van der Waals surface area contributed by atoms with Crippen molar-refractivity contribution in [3.63, 3.8) is 0 Å². The number of hydrogen-bond acceptors (Lipinski definition) is 3. The summed E-state index contributed by atoms with van der Waals surface area (Å²) in [6.45, 7) is 1.82. The fourth-order valence-electron chi connectivity index (χ4n) is 3.42. The quantitative estimate of drug-likeness (QED) is 0.415. The molecule has 3 rings (SSSR count). The van der Waals surface area contributed by atoms with Gasteiger partial charge in [0, 0.05) is 30.3 Å². The lowest BCUT2D eigenvalue weighted by Gasteiger charge is -2.32. The topological polar surface area (TPSA) is 78.0 Å². The van der Waals surface area contributed by atoms with E-state index in [0.29, 0.717) is 18.6 Å². The first kappa shape index (κ1) is 25.3. The largest absolute Gasteiger partial charge is 0.430 e. The van der Waals surface area contributed by atoms with Gasteiger partial charge in [-0.1, -0.05) is 42.5 Å². The molecule has 3 N–H and O–H groups in total. The summed E-state index contributed by atoms with van der Waals surface area (Å²) in [5.41, 5.74) is -2.26. The zero-order chi connectivity index (χ0) is 25.1. The molecule has 0 fully saturated rings. The Balaban J connectivity index is 1.60. The van der Waals surface area contributed by atoms with E-state index in [1.165, 1.54) is 0 Å². The predicted molar refractivity (Wildman–Crippen MR) is 111 cm³/mol. The van der Waals surface area contributed by atoms with Crippen LogP contribution in [-0.2, 0) is 23.4 Å². The zero-order valence-electron chi connectivity index (χ0n) is 17.9. The van der Waals surface area contributed by atoms with Gasteiger partial charge in [-0.2, -0.15) is 31.4 Å². The van der Waals surface area contributed by atoms with E-state index < -0.39 is 23.5 Å². The molecule has 34 heavy (non-hydrogen) atoms. The molecule has 0 saturated heterocycles. The van der Waals surface area contributed by atoms with Crippen LogP contribution in [0.1, 0.15) is 28.7 Å². The number of carbonyl (C=O) groups is 1. The molecule has 0 aliphatic rings. The standard InChI is InChI=1S/C23H21F6N3O2/c1-14-2-5-17(18-12-31-32-13-18)10-16(14)6-9-20(33)30-11-15-3-7-19(8-4-15)21(34,22(24,25)26)23(27,28)29/h2-5,7-8,10,12-13,34H,6,9,11H2,1H3,(H,30,33)(H,31,32). The fraction of sp³-hybridized carbons (Fsp3) is 0.304. The molecule has 1 heterocycles. The Bertz CT molecular complexity index is 1110. The lowest BCUT2D eigenvalue weighted by atomic mass is 9.91. The van der Waals surface area contributed by atoms with Crippen LogP contribution in [-0.4, -0.2) is 33.6 Å². The predicted octanol–water partition coefficient (Wildman–Crippen LogP) is 4.95. The van der Waals surface area contributed by atoms with Crippen LogP contribution in [0.4, 0.5) is 26.3 Å². The minimum Gasteiger partial charge on any atom is -0.369 e. The second kappa shape index (κ2) is 9.49. The summed E-state index contributed by atoms with van der Waals surface area (Å²) in [7, 11) is 0. The Morgan fingerprint density at radius 3 is 2.21 bits per heavy atom. The SMILES string of the molecule is Cc1ccc(-c2cn[nH]c2)cc1CCC(=O)NCc1ccc(C(O)(C(F)(F)F)C(F)(F)F)cc1. The van der Waals surface area contributed by atoms with Gasteiger partial charge in [-0.3, -0.25) is 9.89 Å². The summed E-state index contributed by atoms with van der Waals surface area (Å²) < 4.78 is 77.8. The number of aryl methyl sites for hydroxylation is 2. The first-order valence-corrected chi connectivity index (χ1v) is 10.1. The van der Waals surface area contributed by atoms with Gasteiger partial charge in [0.2, 0.25) is 5.91 Å². The molecule has 0 spiro atoms.